The number of alkyl halides is 3. The summed E-state index contributed by atoms with van der Waals surface area (Å²) in [6.07, 6.45) is -4.93. The van der Waals surface area contributed by atoms with Crippen LogP contribution in [0.25, 0.3) is 0 Å². The lowest BCUT2D eigenvalue weighted by Gasteiger charge is -2.21. The Hall–Kier alpha value is -2.39. The normalized spacial score (nSPS) is 18.5. The fourth-order valence-corrected chi connectivity index (χ4v) is 3.38. The maximum Gasteiger partial charge on any atom is 0.435 e. The zero-order valence-electron chi connectivity index (χ0n) is 13.8. The molecule has 1 aliphatic heterocycles. The SMILES string of the molecule is COc1ccc(Cn2nc(C(F)(F)F)c3c2CC(=O)C32OCCO2)cc1. The summed E-state index contributed by atoms with van der Waals surface area (Å²) in [7, 11) is 1.53. The van der Waals surface area contributed by atoms with Crippen molar-refractivity contribution in [2.24, 2.45) is 0 Å². The van der Waals surface area contributed by atoms with E-state index in [0.717, 1.165) is 5.56 Å². The number of fused-ring (bicyclic) bond motifs is 2. The highest BCUT2D eigenvalue weighted by Gasteiger charge is 2.59. The lowest BCUT2D eigenvalue weighted by molar-refractivity contribution is -0.185. The first-order valence-corrected chi connectivity index (χ1v) is 7.96. The van der Waals surface area contributed by atoms with Gasteiger partial charge in [0.2, 0.25) is 5.78 Å². The smallest absolute Gasteiger partial charge is 0.435 e. The number of halogens is 3. The molecule has 0 saturated carbocycles. The van der Waals surface area contributed by atoms with Gasteiger partial charge in [0.05, 0.1) is 44.5 Å². The maximum atomic E-state index is 13.5. The van der Waals surface area contributed by atoms with E-state index in [1.165, 1.54) is 11.8 Å². The Labute approximate surface area is 146 Å². The minimum absolute atomic E-state index is 0.0616. The molecule has 138 valence electrons. The van der Waals surface area contributed by atoms with Crippen molar-refractivity contribution in [2.75, 3.05) is 20.3 Å². The standard InChI is InChI=1S/C17H15F3N2O4/c1-24-11-4-2-10(3-5-11)9-22-12-8-13(23)16(25-6-7-26-16)14(12)15(21-22)17(18,19)20/h2-5H,6-9H2,1H3. The van der Waals surface area contributed by atoms with Crippen LogP contribution in [0.3, 0.4) is 0 Å². The van der Waals surface area contributed by atoms with Gasteiger partial charge in [-0.15, -0.1) is 0 Å². The van der Waals surface area contributed by atoms with E-state index in [0.29, 0.717) is 5.75 Å². The molecule has 0 bridgehead atoms. The third kappa shape index (κ3) is 2.50. The average Bonchev–Trinajstić information content (AvgIpc) is 3.28. The minimum atomic E-state index is -4.72. The summed E-state index contributed by atoms with van der Waals surface area (Å²) >= 11 is 0. The fraction of sp³-hybridized carbons (Fsp3) is 0.412. The number of Topliss-reactive ketones (excluding diaryl/α,β-unsaturated/α-hetero) is 1. The van der Waals surface area contributed by atoms with Crippen LogP contribution in [0.15, 0.2) is 24.3 Å². The number of ketones is 1. The van der Waals surface area contributed by atoms with Gasteiger partial charge in [0.25, 0.3) is 5.79 Å². The van der Waals surface area contributed by atoms with Crippen molar-refractivity contribution in [3.05, 3.63) is 46.8 Å². The Morgan fingerprint density at radius 1 is 1.23 bits per heavy atom. The summed E-state index contributed by atoms with van der Waals surface area (Å²) in [6, 6.07) is 6.88. The molecule has 0 unspecified atom stereocenters. The third-order valence-corrected chi connectivity index (χ3v) is 4.54. The number of carbonyl (C=O) groups excluding carboxylic acids is 1. The van der Waals surface area contributed by atoms with E-state index in [1.807, 2.05) is 0 Å². The highest BCUT2D eigenvalue weighted by Crippen LogP contribution is 2.47. The summed E-state index contributed by atoms with van der Waals surface area (Å²) in [6.45, 7) is 0.212. The number of aromatic nitrogens is 2. The summed E-state index contributed by atoms with van der Waals surface area (Å²) < 4.78 is 57.6. The second kappa shape index (κ2) is 5.82. The van der Waals surface area contributed by atoms with Crippen LogP contribution in [0.4, 0.5) is 13.2 Å². The molecule has 6 nitrogen and oxygen atoms in total. The lowest BCUT2D eigenvalue weighted by Crippen LogP contribution is -2.35. The van der Waals surface area contributed by atoms with Gasteiger partial charge in [-0.2, -0.15) is 18.3 Å². The van der Waals surface area contributed by atoms with Crippen LogP contribution in [-0.4, -0.2) is 35.9 Å². The van der Waals surface area contributed by atoms with Crippen molar-refractivity contribution in [3.8, 4) is 5.75 Å². The van der Waals surface area contributed by atoms with Gasteiger partial charge in [-0.05, 0) is 17.7 Å². The van der Waals surface area contributed by atoms with E-state index < -0.39 is 23.4 Å². The molecule has 26 heavy (non-hydrogen) atoms. The maximum absolute atomic E-state index is 13.5. The second-order valence-electron chi connectivity index (χ2n) is 6.09. The first-order valence-electron chi connectivity index (χ1n) is 7.96. The molecule has 2 aromatic rings. The number of rotatable bonds is 3. The van der Waals surface area contributed by atoms with Gasteiger partial charge in [-0.25, -0.2) is 0 Å². The molecule has 2 aliphatic rings. The molecule has 0 amide bonds. The minimum Gasteiger partial charge on any atom is -0.497 e. The number of ether oxygens (including phenoxy) is 3. The van der Waals surface area contributed by atoms with E-state index >= 15 is 0 Å². The van der Waals surface area contributed by atoms with Crippen LogP contribution >= 0.6 is 0 Å². The number of hydrogen-bond acceptors (Lipinski definition) is 5. The molecule has 0 radical (unpaired) electrons. The predicted octanol–water partition coefficient (Wildman–Crippen LogP) is 2.28. The van der Waals surface area contributed by atoms with Gasteiger partial charge in [0.1, 0.15) is 5.75 Å². The zero-order chi connectivity index (χ0) is 18.5. The average molecular weight is 368 g/mol. The van der Waals surface area contributed by atoms with Gasteiger partial charge in [0, 0.05) is 0 Å². The summed E-state index contributed by atoms with van der Waals surface area (Å²) in [4.78, 5) is 12.4. The number of hydrogen-bond donors (Lipinski definition) is 0. The molecule has 0 atom stereocenters. The van der Waals surface area contributed by atoms with Crippen molar-refractivity contribution in [1.82, 2.24) is 9.78 Å². The Balaban J connectivity index is 1.79. The molecule has 1 fully saturated rings. The highest BCUT2D eigenvalue weighted by atomic mass is 19.4. The van der Waals surface area contributed by atoms with Crippen molar-refractivity contribution in [3.63, 3.8) is 0 Å². The van der Waals surface area contributed by atoms with Crippen LogP contribution in [0.5, 0.6) is 5.75 Å². The Bertz CT molecular complexity index is 852. The zero-order valence-corrected chi connectivity index (χ0v) is 13.8. The van der Waals surface area contributed by atoms with E-state index in [1.54, 1.807) is 24.3 Å². The number of methoxy groups -OCH3 is 1. The first-order chi connectivity index (χ1) is 12.3. The van der Waals surface area contributed by atoms with Crippen LogP contribution in [0.2, 0.25) is 0 Å². The first kappa shape index (κ1) is 17.0. The predicted molar refractivity (Wildman–Crippen MR) is 81.6 cm³/mol. The summed E-state index contributed by atoms with van der Waals surface area (Å²) in [5.74, 6) is -1.87. The van der Waals surface area contributed by atoms with E-state index in [4.69, 9.17) is 14.2 Å². The number of nitrogens with zero attached hydrogens (tertiary/aromatic N) is 2. The summed E-state index contributed by atoms with van der Waals surface area (Å²) in [5.41, 5.74) is -0.527. The molecule has 1 aromatic heterocycles. The molecule has 1 aromatic carbocycles. The molecule has 9 heteroatoms. The van der Waals surface area contributed by atoms with Gasteiger partial charge < -0.3 is 14.2 Å². The van der Waals surface area contributed by atoms with Crippen molar-refractivity contribution < 1.29 is 32.2 Å². The highest BCUT2D eigenvalue weighted by molar-refractivity contribution is 5.94. The number of carbonyl (C=O) groups is 1. The van der Waals surface area contributed by atoms with Gasteiger partial charge in [-0.1, -0.05) is 12.1 Å². The molecule has 1 aliphatic carbocycles. The fourth-order valence-electron chi connectivity index (χ4n) is 3.38. The van der Waals surface area contributed by atoms with E-state index in [-0.39, 0.29) is 37.4 Å². The van der Waals surface area contributed by atoms with Gasteiger partial charge in [-0.3, -0.25) is 9.48 Å². The van der Waals surface area contributed by atoms with Crippen LogP contribution in [0, 0.1) is 0 Å². The largest absolute Gasteiger partial charge is 0.497 e. The Kier molecular flexibility index (Phi) is 3.81. The van der Waals surface area contributed by atoms with Crippen LogP contribution in [0.1, 0.15) is 22.5 Å². The monoisotopic (exact) mass is 368 g/mol. The molecular weight excluding hydrogens is 353 g/mol. The summed E-state index contributed by atoms with van der Waals surface area (Å²) in [5, 5.41) is 3.74. The van der Waals surface area contributed by atoms with Crippen LogP contribution in [-0.2, 0) is 39.2 Å². The van der Waals surface area contributed by atoms with Gasteiger partial charge in [0.15, 0.2) is 5.69 Å². The number of benzene rings is 1. The molecule has 4 rings (SSSR count). The van der Waals surface area contributed by atoms with E-state index in [9.17, 15) is 18.0 Å². The Morgan fingerprint density at radius 2 is 1.88 bits per heavy atom. The quantitative estimate of drug-likeness (QED) is 0.832. The van der Waals surface area contributed by atoms with E-state index in [2.05, 4.69) is 5.10 Å². The van der Waals surface area contributed by atoms with Crippen molar-refractivity contribution in [1.29, 1.82) is 0 Å². The van der Waals surface area contributed by atoms with Gasteiger partial charge >= 0.3 is 6.18 Å². The third-order valence-electron chi connectivity index (χ3n) is 4.54. The molecule has 0 N–H and O–H groups in total. The van der Waals surface area contributed by atoms with Crippen molar-refractivity contribution in [2.45, 2.75) is 24.9 Å². The molecular formula is C17H15F3N2O4. The Morgan fingerprint density at radius 3 is 2.46 bits per heavy atom. The molecule has 2 heterocycles. The topological polar surface area (TPSA) is 62.6 Å². The van der Waals surface area contributed by atoms with Crippen molar-refractivity contribution >= 4 is 5.78 Å². The second-order valence-corrected chi connectivity index (χ2v) is 6.09. The molecule has 1 spiro atoms. The molecule has 1 saturated heterocycles. The van der Waals surface area contributed by atoms with Crippen LogP contribution < -0.4 is 4.74 Å². The lowest BCUT2D eigenvalue weighted by atomic mass is 10.1.